The van der Waals surface area contributed by atoms with Crippen molar-refractivity contribution in [3.63, 3.8) is 0 Å². The summed E-state index contributed by atoms with van der Waals surface area (Å²) in [6.45, 7) is 1.97. The summed E-state index contributed by atoms with van der Waals surface area (Å²) in [5.74, 6) is -0.986. The summed E-state index contributed by atoms with van der Waals surface area (Å²) < 4.78 is 16.0. The van der Waals surface area contributed by atoms with Crippen molar-refractivity contribution in [3.05, 3.63) is 0 Å². The zero-order chi connectivity index (χ0) is 11.2. The molecule has 0 radical (unpaired) electrons. The number of hydrogen-bond acceptors (Lipinski definition) is 4. The maximum atomic E-state index is 11.5. The number of methoxy groups -OCH3 is 1. The molecule has 0 fully saturated rings. The van der Waals surface area contributed by atoms with Gasteiger partial charge in [-0.15, -0.1) is 0 Å². The van der Waals surface area contributed by atoms with Gasteiger partial charge in [0.05, 0.1) is 13.0 Å². The molecule has 0 aliphatic carbocycles. The minimum Gasteiger partial charge on any atom is -0.469 e. The van der Waals surface area contributed by atoms with Crippen molar-refractivity contribution in [2.75, 3.05) is 26.0 Å². The third kappa shape index (κ3) is 5.37. The molecule has 14 heavy (non-hydrogen) atoms. The van der Waals surface area contributed by atoms with Crippen molar-refractivity contribution in [1.82, 2.24) is 0 Å². The summed E-state index contributed by atoms with van der Waals surface area (Å²) in [6, 6.07) is 0. The highest BCUT2D eigenvalue weighted by Gasteiger charge is 2.25. The number of hydrogen-bond donors (Lipinski definition) is 2. The van der Waals surface area contributed by atoms with E-state index in [0.717, 1.165) is 0 Å². The van der Waals surface area contributed by atoms with Crippen LogP contribution in [0, 0.1) is 5.92 Å². The maximum absolute atomic E-state index is 11.5. The van der Waals surface area contributed by atoms with Gasteiger partial charge in [0.2, 0.25) is 7.37 Å². The van der Waals surface area contributed by atoms with Crippen molar-refractivity contribution in [2.24, 2.45) is 11.7 Å². The molecule has 0 bridgehead atoms. The van der Waals surface area contributed by atoms with Crippen LogP contribution in [-0.2, 0) is 14.1 Å². The molecule has 3 N–H and O–H groups in total. The van der Waals surface area contributed by atoms with E-state index >= 15 is 0 Å². The Morgan fingerprint density at radius 3 is 2.64 bits per heavy atom. The first-order valence-electron chi connectivity index (χ1n) is 4.51. The van der Waals surface area contributed by atoms with Gasteiger partial charge in [-0.25, -0.2) is 0 Å². The highest BCUT2D eigenvalue weighted by atomic mass is 31.2. The standard InChI is InChI=1S/C8H18NO4P/c1-7(8(10)13-2)6-14(11,12)5-3-4-9/h7H,3-6,9H2,1-2H3,(H,11,12). The van der Waals surface area contributed by atoms with Crippen molar-refractivity contribution in [3.8, 4) is 0 Å². The molecule has 0 aromatic carbocycles. The minimum absolute atomic E-state index is 0.0281. The van der Waals surface area contributed by atoms with Crippen LogP contribution in [-0.4, -0.2) is 36.8 Å². The maximum Gasteiger partial charge on any atom is 0.308 e. The summed E-state index contributed by atoms with van der Waals surface area (Å²) >= 11 is 0. The zero-order valence-electron chi connectivity index (χ0n) is 8.60. The van der Waals surface area contributed by atoms with E-state index < -0.39 is 19.3 Å². The number of carbonyl (C=O) groups is 1. The molecule has 0 saturated heterocycles. The third-order valence-electron chi connectivity index (χ3n) is 1.87. The van der Waals surface area contributed by atoms with E-state index in [0.29, 0.717) is 13.0 Å². The van der Waals surface area contributed by atoms with Crippen LogP contribution >= 0.6 is 7.37 Å². The van der Waals surface area contributed by atoms with Crippen LogP contribution in [0.5, 0.6) is 0 Å². The summed E-state index contributed by atoms with van der Waals surface area (Å²) in [5.41, 5.74) is 5.23. The number of nitrogens with two attached hydrogens (primary N) is 1. The molecule has 0 amide bonds. The molecule has 0 heterocycles. The highest BCUT2D eigenvalue weighted by molar-refractivity contribution is 7.58. The lowest BCUT2D eigenvalue weighted by Crippen LogP contribution is -2.18. The number of esters is 1. The number of ether oxygens (including phenoxy) is 1. The predicted molar refractivity (Wildman–Crippen MR) is 54.4 cm³/mol. The molecule has 0 saturated carbocycles. The average molecular weight is 223 g/mol. The topological polar surface area (TPSA) is 89.6 Å². The summed E-state index contributed by atoms with van der Waals surface area (Å²) in [7, 11) is -1.95. The van der Waals surface area contributed by atoms with Gasteiger partial charge in [0.15, 0.2) is 0 Å². The highest BCUT2D eigenvalue weighted by Crippen LogP contribution is 2.42. The van der Waals surface area contributed by atoms with Gasteiger partial charge < -0.3 is 15.4 Å². The second-order valence-corrected chi connectivity index (χ2v) is 5.82. The Balaban J connectivity index is 4.07. The second-order valence-electron chi connectivity index (χ2n) is 3.32. The van der Waals surface area contributed by atoms with E-state index in [9.17, 15) is 14.3 Å². The van der Waals surface area contributed by atoms with E-state index in [4.69, 9.17) is 5.73 Å². The first-order valence-corrected chi connectivity index (χ1v) is 6.54. The quantitative estimate of drug-likeness (QED) is 0.503. The van der Waals surface area contributed by atoms with Gasteiger partial charge >= 0.3 is 5.97 Å². The Kier molecular flexibility index (Phi) is 6.00. The summed E-state index contributed by atoms with van der Waals surface area (Å²) in [6.07, 6.45) is 0.645. The van der Waals surface area contributed by atoms with Crippen molar-refractivity contribution < 1.29 is 19.0 Å². The fourth-order valence-corrected chi connectivity index (χ4v) is 3.00. The molecule has 0 aliphatic heterocycles. The van der Waals surface area contributed by atoms with Crippen LogP contribution in [0.2, 0.25) is 0 Å². The predicted octanol–water partition coefficient (Wildman–Crippen LogP) is 0.415. The Morgan fingerprint density at radius 2 is 2.21 bits per heavy atom. The van der Waals surface area contributed by atoms with Gasteiger partial charge in [0.25, 0.3) is 0 Å². The van der Waals surface area contributed by atoms with E-state index in [1.54, 1.807) is 6.92 Å². The fourth-order valence-electron chi connectivity index (χ4n) is 1.13. The molecule has 2 unspecified atom stereocenters. The SMILES string of the molecule is COC(=O)C(C)CP(=O)(O)CCCN. The van der Waals surface area contributed by atoms with Gasteiger partial charge in [-0.3, -0.25) is 9.36 Å². The number of carbonyl (C=O) groups excluding carboxylic acids is 1. The normalized spacial score (nSPS) is 17.1. The van der Waals surface area contributed by atoms with E-state index in [1.165, 1.54) is 7.11 Å². The lowest BCUT2D eigenvalue weighted by atomic mass is 10.2. The van der Waals surface area contributed by atoms with Crippen molar-refractivity contribution >= 4 is 13.3 Å². The molecular weight excluding hydrogens is 205 g/mol. The van der Waals surface area contributed by atoms with Crippen molar-refractivity contribution in [1.29, 1.82) is 0 Å². The molecule has 0 aromatic rings. The second kappa shape index (κ2) is 6.17. The largest absolute Gasteiger partial charge is 0.469 e. The van der Waals surface area contributed by atoms with Gasteiger partial charge in [-0.1, -0.05) is 6.92 Å². The first kappa shape index (κ1) is 13.6. The first-order chi connectivity index (χ1) is 6.43. The van der Waals surface area contributed by atoms with Crippen LogP contribution in [0.3, 0.4) is 0 Å². The molecule has 5 nitrogen and oxygen atoms in total. The lowest BCUT2D eigenvalue weighted by Gasteiger charge is -2.14. The smallest absolute Gasteiger partial charge is 0.308 e. The van der Waals surface area contributed by atoms with E-state index in [1.807, 2.05) is 0 Å². The van der Waals surface area contributed by atoms with Crippen LogP contribution in [0.1, 0.15) is 13.3 Å². The molecule has 0 rings (SSSR count). The summed E-state index contributed by atoms with van der Waals surface area (Å²) in [4.78, 5) is 20.4. The van der Waals surface area contributed by atoms with E-state index in [2.05, 4.69) is 4.74 Å². The monoisotopic (exact) mass is 223 g/mol. The van der Waals surface area contributed by atoms with Crippen LogP contribution < -0.4 is 5.73 Å². The van der Waals surface area contributed by atoms with Gasteiger partial charge in [0, 0.05) is 12.3 Å². The fraction of sp³-hybridized carbons (Fsp3) is 0.875. The molecular formula is C8H18NO4P. The van der Waals surface area contributed by atoms with Crippen LogP contribution in [0.4, 0.5) is 0 Å². The zero-order valence-corrected chi connectivity index (χ0v) is 9.50. The Hall–Kier alpha value is -0.380. The molecule has 0 aromatic heterocycles. The molecule has 2 atom stereocenters. The minimum atomic E-state index is -3.21. The Labute approximate surface area is 84.1 Å². The molecule has 6 heteroatoms. The van der Waals surface area contributed by atoms with Gasteiger partial charge in [-0.2, -0.15) is 0 Å². The summed E-state index contributed by atoms with van der Waals surface area (Å²) in [5, 5.41) is 0. The molecule has 0 spiro atoms. The lowest BCUT2D eigenvalue weighted by molar-refractivity contribution is -0.144. The van der Waals surface area contributed by atoms with Gasteiger partial charge in [-0.05, 0) is 13.0 Å². The third-order valence-corrected chi connectivity index (χ3v) is 4.01. The van der Waals surface area contributed by atoms with Crippen molar-refractivity contribution in [2.45, 2.75) is 13.3 Å². The van der Waals surface area contributed by atoms with Crippen LogP contribution in [0.15, 0.2) is 0 Å². The Morgan fingerprint density at radius 1 is 1.64 bits per heavy atom. The van der Waals surface area contributed by atoms with Gasteiger partial charge in [0.1, 0.15) is 0 Å². The molecule has 0 aliphatic rings. The number of rotatable bonds is 6. The van der Waals surface area contributed by atoms with Crippen LogP contribution in [0.25, 0.3) is 0 Å². The molecule has 84 valence electrons. The average Bonchev–Trinajstić information content (AvgIpc) is 2.12. The van der Waals surface area contributed by atoms with E-state index in [-0.39, 0.29) is 12.3 Å². The Bertz CT molecular complexity index is 231.